The quantitative estimate of drug-likeness (QED) is 0.770. The van der Waals surface area contributed by atoms with E-state index in [9.17, 15) is 13.2 Å². The Kier molecular flexibility index (Phi) is 5.29. The van der Waals surface area contributed by atoms with E-state index in [1.807, 2.05) is 66.4 Å². The van der Waals surface area contributed by atoms with Crippen molar-refractivity contribution in [2.45, 2.75) is 31.2 Å². The van der Waals surface area contributed by atoms with Crippen LogP contribution in [-0.4, -0.2) is 47.2 Å². The molecule has 2 aliphatic rings. The third-order valence-corrected chi connectivity index (χ3v) is 8.31. The van der Waals surface area contributed by atoms with Crippen molar-refractivity contribution in [3.05, 3.63) is 71.3 Å². The SMILES string of the molecule is Cc1ccc(CC(=O)N=C2S[C@@H]3CS(=O)(=O)C[C@H]3N2Cc2ccccc2)cc1. The summed E-state index contributed by atoms with van der Waals surface area (Å²) >= 11 is 1.43. The summed E-state index contributed by atoms with van der Waals surface area (Å²) in [5.74, 6) is 0.0776. The molecule has 0 N–H and O–H groups in total. The molecule has 28 heavy (non-hydrogen) atoms. The molecule has 4 rings (SSSR count). The van der Waals surface area contributed by atoms with Gasteiger partial charge in [-0.25, -0.2) is 8.42 Å². The van der Waals surface area contributed by atoms with Crippen molar-refractivity contribution in [1.29, 1.82) is 0 Å². The number of sulfone groups is 1. The van der Waals surface area contributed by atoms with Gasteiger partial charge < -0.3 is 4.90 Å². The molecule has 0 aromatic heterocycles. The third kappa shape index (κ3) is 4.31. The molecule has 2 atom stereocenters. The van der Waals surface area contributed by atoms with Crippen molar-refractivity contribution in [3.8, 4) is 0 Å². The standard InChI is InChI=1S/C21H22N2O3S2/c1-15-7-9-16(10-8-15)11-20(24)22-21-23(12-17-5-3-2-4-6-17)18-13-28(25,26)14-19(18)27-21/h2-10,18-19H,11-14H2,1H3/t18-,19-/m1/s1. The molecule has 2 aromatic carbocycles. The first-order valence-corrected chi connectivity index (χ1v) is 11.9. The lowest BCUT2D eigenvalue weighted by molar-refractivity contribution is -0.117. The lowest BCUT2D eigenvalue weighted by Gasteiger charge is -2.24. The number of carbonyl (C=O) groups excluding carboxylic acids is 1. The summed E-state index contributed by atoms with van der Waals surface area (Å²) in [6.07, 6.45) is 0.247. The molecule has 0 aliphatic carbocycles. The Bertz CT molecular complexity index is 1000. The van der Waals surface area contributed by atoms with Gasteiger partial charge in [-0.05, 0) is 18.1 Å². The molecule has 2 heterocycles. The van der Waals surface area contributed by atoms with Crippen LogP contribution in [0.2, 0.25) is 0 Å². The minimum atomic E-state index is -3.04. The molecule has 146 valence electrons. The first-order valence-electron chi connectivity index (χ1n) is 9.24. The molecule has 5 nitrogen and oxygen atoms in total. The van der Waals surface area contributed by atoms with Crippen LogP contribution in [0.25, 0.3) is 0 Å². The number of fused-ring (bicyclic) bond motifs is 1. The number of benzene rings is 2. The van der Waals surface area contributed by atoms with Gasteiger partial charge in [-0.2, -0.15) is 4.99 Å². The number of aliphatic imine (C=N–C) groups is 1. The van der Waals surface area contributed by atoms with Gasteiger partial charge in [0.1, 0.15) is 0 Å². The molecule has 2 saturated heterocycles. The van der Waals surface area contributed by atoms with E-state index in [4.69, 9.17) is 0 Å². The zero-order valence-corrected chi connectivity index (χ0v) is 17.2. The van der Waals surface area contributed by atoms with Crippen LogP contribution in [0.5, 0.6) is 0 Å². The van der Waals surface area contributed by atoms with Crippen LogP contribution < -0.4 is 0 Å². The van der Waals surface area contributed by atoms with E-state index in [1.54, 1.807) is 0 Å². The predicted molar refractivity (Wildman–Crippen MR) is 113 cm³/mol. The Balaban J connectivity index is 1.56. The minimum Gasteiger partial charge on any atom is -0.342 e. The normalized spacial score (nSPS) is 24.5. The van der Waals surface area contributed by atoms with Crippen LogP contribution in [0.4, 0.5) is 0 Å². The molecule has 2 fully saturated rings. The molecule has 0 unspecified atom stereocenters. The highest BCUT2D eigenvalue weighted by Crippen LogP contribution is 2.39. The van der Waals surface area contributed by atoms with Crippen molar-refractivity contribution in [1.82, 2.24) is 4.90 Å². The fourth-order valence-electron chi connectivity index (χ4n) is 3.63. The van der Waals surface area contributed by atoms with Gasteiger partial charge >= 0.3 is 0 Å². The van der Waals surface area contributed by atoms with E-state index < -0.39 is 9.84 Å². The Morgan fingerprint density at radius 3 is 2.50 bits per heavy atom. The van der Waals surface area contributed by atoms with Crippen LogP contribution in [0.3, 0.4) is 0 Å². The number of rotatable bonds is 4. The van der Waals surface area contributed by atoms with Gasteiger partial charge in [-0.3, -0.25) is 4.79 Å². The summed E-state index contributed by atoms with van der Waals surface area (Å²) in [5, 5.41) is 0.588. The highest BCUT2D eigenvalue weighted by Gasteiger charge is 2.48. The second-order valence-corrected chi connectivity index (χ2v) is 10.7. The van der Waals surface area contributed by atoms with E-state index in [2.05, 4.69) is 4.99 Å². The first-order chi connectivity index (χ1) is 13.4. The van der Waals surface area contributed by atoms with Crippen molar-refractivity contribution in [3.63, 3.8) is 0 Å². The first kappa shape index (κ1) is 19.2. The molecule has 2 aliphatic heterocycles. The van der Waals surface area contributed by atoms with Crippen LogP contribution in [0.1, 0.15) is 16.7 Å². The lowest BCUT2D eigenvalue weighted by Crippen LogP contribution is -2.37. The van der Waals surface area contributed by atoms with Crippen LogP contribution in [0.15, 0.2) is 59.6 Å². The van der Waals surface area contributed by atoms with Gasteiger partial charge in [-0.1, -0.05) is 71.9 Å². The summed E-state index contributed by atoms with van der Waals surface area (Å²) in [6, 6.07) is 17.6. The topological polar surface area (TPSA) is 66.8 Å². The summed E-state index contributed by atoms with van der Waals surface area (Å²) < 4.78 is 24.2. The monoisotopic (exact) mass is 414 g/mol. The summed E-state index contributed by atoms with van der Waals surface area (Å²) in [6.45, 7) is 2.57. The number of carbonyl (C=O) groups is 1. The van der Waals surface area contributed by atoms with Gasteiger partial charge in [0, 0.05) is 11.8 Å². The Labute approximate surface area is 169 Å². The van der Waals surface area contributed by atoms with E-state index >= 15 is 0 Å². The van der Waals surface area contributed by atoms with Crippen LogP contribution in [-0.2, 0) is 27.6 Å². The van der Waals surface area contributed by atoms with Crippen molar-refractivity contribution >= 4 is 32.7 Å². The highest BCUT2D eigenvalue weighted by molar-refractivity contribution is 8.15. The predicted octanol–water partition coefficient (Wildman–Crippen LogP) is 2.83. The lowest BCUT2D eigenvalue weighted by atomic mass is 10.1. The fourth-order valence-corrected chi connectivity index (χ4v) is 7.60. The van der Waals surface area contributed by atoms with Crippen LogP contribution in [0, 0.1) is 6.92 Å². The maximum atomic E-state index is 12.6. The summed E-state index contributed by atoms with van der Waals surface area (Å²) in [5.41, 5.74) is 3.16. The number of amides is 1. The molecule has 7 heteroatoms. The Morgan fingerprint density at radius 1 is 1.07 bits per heavy atom. The maximum Gasteiger partial charge on any atom is 0.252 e. The average molecular weight is 415 g/mol. The maximum absolute atomic E-state index is 12.6. The number of hydrogen-bond donors (Lipinski definition) is 0. The summed E-state index contributed by atoms with van der Waals surface area (Å²) in [4.78, 5) is 18.9. The fraction of sp³-hybridized carbons (Fsp3) is 0.333. The van der Waals surface area contributed by atoms with E-state index in [0.29, 0.717) is 11.7 Å². The van der Waals surface area contributed by atoms with Gasteiger partial charge in [0.25, 0.3) is 5.91 Å². The summed E-state index contributed by atoms with van der Waals surface area (Å²) in [7, 11) is -3.04. The highest BCUT2D eigenvalue weighted by atomic mass is 32.2. The largest absolute Gasteiger partial charge is 0.342 e. The van der Waals surface area contributed by atoms with Crippen molar-refractivity contribution < 1.29 is 13.2 Å². The molecule has 0 bridgehead atoms. The Morgan fingerprint density at radius 2 is 1.79 bits per heavy atom. The Hall–Kier alpha value is -2.12. The zero-order valence-electron chi connectivity index (χ0n) is 15.6. The molecular weight excluding hydrogens is 392 g/mol. The second-order valence-electron chi connectivity index (χ2n) is 7.36. The molecule has 2 aromatic rings. The molecule has 0 saturated carbocycles. The number of hydrogen-bond acceptors (Lipinski definition) is 4. The number of thioether (sulfide) groups is 1. The number of amidine groups is 1. The minimum absolute atomic E-state index is 0.0559. The van der Waals surface area contributed by atoms with Crippen LogP contribution >= 0.6 is 11.8 Å². The molecule has 1 amide bonds. The smallest absolute Gasteiger partial charge is 0.252 e. The van der Waals surface area contributed by atoms with Crippen molar-refractivity contribution in [2.24, 2.45) is 4.99 Å². The van der Waals surface area contributed by atoms with Gasteiger partial charge in [0.15, 0.2) is 15.0 Å². The third-order valence-electron chi connectivity index (χ3n) is 5.07. The van der Waals surface area contributed by atoms with E-state index in [0.717, 1.165) is 16.7 Å². The van der Waals surface area contributed by atoms with Crippen molar-refractivity contribution in [2.75, 3.05) is 11.5 Å². The molecule has 0 spiro atoms. The average Bonchev–Trinajstić information content (AvgIpc) is 3.10. The van der Waals surface area contributed by atoms with E-state index in [-0.39, 0.29) is 35.1 Å². The number of aryl methyl sites for hydroxylation is 1. The van der Waals surface area contributed by atoms with Gasteiger partial charge in [0.05, 0.1) is 24.0 Å². The second kappa shape index (κ2) is 7.72. The number of nitrogens with zero attached hydrogens (tertiary/aromatic N) is 2. The molecule has 0 radical (unpaired) electrons. The van der Waals surface area contributed by atoms with E-state index in [1.165, 1.54) is 11.8 Å². The van der Waals surface area contributed by atoms with Gasteiger partial charge in [0.2, 0.25) is 0 Å². The van der Waals surface area contributed by atoms with Gasteiger partial charge in [-0.15, -0.1) is 0 Å². The molecular formula is C21H22N2O3S2. The zero-order chi connectivity index (χ0) is 19.7.